The van der Waals surface area contributed by atoms with Gasteiger partial charge in [0.1, 0.15) is 24.8 Å². The van der Waals surface area contributed by atoms with Gasteiger partial charge in [0.25, 0.3) is 5.91 Å². The average molecular weight is 491 g/mol. The van der Waals surface area contributed by atoms with Crippen LogP contribution in [0.4, 0.5) is 0 Å². The minimum absolute atomic E-state index is 0.0184. The second-order valence-corrected chi connectivity index (χ2v) is 10.6. The summed E-state index contributed by atoms with van der Waals surface area (Å²) in [5, 5.41) is 2.60. The molecule has 4 heterocycles. The number of hydrazine groups is 1. The third-order valence-electron chi connectivity index (χ3n) is 6.85. The first-order valence-electron chi connectivity index (χ1n) is 11.4. The minimum atomic E-state index is -0.681. The monoisotopic (exact) mass is 490 g/mol. The van der Waals surface area contributed by atoms with Crippen LogP contribution in [0.3, 0.4) is 0 Å². The summed E-state index contributed by atoms with van der Waals surface area (Å²) in [7, 11) is 0. The molecular formula is C23H27ClN4O4S. The van der Waals surface area contributed by atoms with Crippen LogP contribution < -0.4 is 16.2 Å². The van der Waals surface area contributed by atoms with Crippen molar-refractivity contribution in [1.82, 2.24) is 21.1 Å². The number of thiophene rings is 1. The summed E-state index contributed by atoms with van der Waals surface area (Å²) in [5.74, 6) is -0.574. The molecule has 0 unspecified atom stereocenters. The number of carbonyl (C=O) groups excluding carboxylic acids is 3. The standard InChI is InChI=1S/C23H27ClN4O4S/c24-15-11-28(20-16(29)12-32-21(15)20)23(31)19(13-4-2-1-3-5-13)27-22(30)18-7-6-17(33-18)14-8-9-25-26-10-14/h6-10,13,15,19-21,25-26H,1-5,11-12H2,(H,27,30)/t15-,19-,20+,21+/m0/s1. The van der Waals surface area contributed by atoms with Crippen molar-refractivity contribution >= 4 is 46.1 Å². The lowest BCUT2D eigenvalue weighted by Gasteiger charge is -2.34. The van der Waals surface area contributed by atoms with Crippen LogP contribution in [0.5, 0.6) is 0 Å². The maximum Gasteiger partial charge on any atom is 0.262 e. The predicted molar refractivity (Wildman–Crippen MR) is 125 cm³/mol. The van der Waals surface area contributed by atoms with Gasteiger partial charge in [0.2, 0.25) is 5.91 Å². The molecule has 1 aromatic rings. The normalized spacial score (nSPS) is 28.0. The fraction of sp³-hybridized carbons (Fsp3) is 0.522. The molecule has 2 amide bonds. The van der Waals surface area contributed by atoms with E-state index >= 15 is 0 Å². The number of allylic oxidation sites excluding steroid dienone is 2. The third kappa shape index (κ3) is 4.41. The Morgan fingerprint density at radius 3 is 2.79 bits per heavy atom. The molecule has 0 aromatic carbocycles. The van der Waals surface area contributed by atoms with Gasteiger partial charge in [-0.05, 0) is 37.0 Å². The molecular weight excluding hydrogens is 464 g/mol. The van der Waals surface area contributed by atoms with E-state index in [4.69, 9.17) is 16.3 Å². The Hall–Kier alpha value is -2.36. The number of amides is 2. The molecule has 3 aliphatic heterocycles. The zero-order chi connectivity index (χ0) is 22.9. The SMILES string of the molecule is O=C(N[C@H](C(=O)N1C[C@H](Cl)[C@H]2OCC(=O)[C@H]21)C1CCCCC1)c1ccc(C2=CNNC=C2)s1. The number of halogens is 1. The Bertz CT molecular complexity index is 1000. The van der Waals surface area contributed by atoms with Crippen molar-refractivity contribution in [1.29, 1.82) is 0 Å². The Morgan fingerprint density at radius 2 is 2.03 bits per heavy atom. The van der Waals surface area contributed by atoms with Crippen LogP contribution in [-0.4, -0.2) is 59.2 Å². The second kappa shape index (κ2) is 9.48. The molecule has 1 aliphatic carbocycles. The zero-order valence-corrected chi connectivity index (χ0v) is 19.7. The fourth-order valence-electron chi connectivity index (χ4n) is 5.18. The van der Waals surface area contributed by atoms with Gasteiger partial charge < -0.3 is 25.8 Å². The number of nitrogens with one attached hydrogen (secondary N) is 3. The number of fused-ring (bicyclic) bond motifs is 1. The van der Waals surface area contributed by atoms with Crippen molar-refractivity contribution in [3.8, 4) is 0 Å². The molecule has 176 valence electrons. The van der Waals surface area contributed by atoms with Crippen molar-refractivity contribution in [2.24, 2.45) is 5.92 Å². The van der Waals surface area contributed by atoms with E-state index < -0.39 is 23.6 Å². The zero-order valence-electron chi connectivity index (χ0n) is 18.1. The molecule has 5 rings (SSSR count). The summed E-state index contributed by atoms with van der Waals surface area (Å²) in [6.07, 6.45) is 10.0. The number of hydrogen-bond donors (Lipinski definition) is 3. The highest BCUT2D eigenvalue weighted by Gasteiger charge is 2.53. The lowest BCUT2D eigenvalue weighted by molar-refractivity contribution is -0.139. The first-order valence-corrected chi connectivity index (χ1v) is 12.7. The molecule has 0 radical (unpaired) electrons. The van der Waals surface area contributed by atoms with E-state index in [0.29, 0.717) is 4.88 Å². The fourth-order valence-corrected chi connectivity index (χ4v) is 6.44. The first kappa shape index (κ1) is 22.4. The van der Waals surface area contributed by atoms with E-state index in [1.807, 2.05) is 18.3 Å². The predicted octanol–water partition coefficient (Wildman–Crippen LogP) is 2.18. The van der Waals surface area contributed by atoms with E-state index in [9.17, 15) is 14.4 Å². The largest absolute Gasteiger partial charge is 0.366 e. The van der Waals surface area contributed by atoms with Crippen molar-refractivity contribution in [2.75, 3.05) is 13.2 Å². The van der Waals surface area contributed by atoms with Crippen molar-refractivity contribution < 1.29 is 19.1 Å². The number of hydrogen-bond acceptors (Lipinski definition) is 7. The summed E-state index contributed by atoms with van der Waals surface area (Å²) < 4.78 is 5.54. The molecule has 33 heavy (non-hydrogen) atoms. The molecule has 3 fully saturated rings. The average Bonchev–Trinajstić information content (AvgIpc) is 3.56. The van der Waals surface area contributed by atoms with Crippen LogP contribution >= 0.6 is 22.9 Å². The van der Waals surface area contributed by atoms with Gasteiger partial charge >= 0.3 is 0 Å². The van der Waals surface area contributed by atoms with E-state index in [-0.39, 0.29) is 36.7 Å². The van der Waals surface area contributed by atoms with E-state index in [1.165, 1.54) is 11.3 Å². The Kier molecular flexibility index (Phi) is 6.44. The number of nitrogens with zero attached hydrogens (tertiary/aromatic N) is 1. The summed E-state index contributed by atoms with van der Waals surface area (Å²) >= 11 is 7.79. The maximum atomic E-state index is 13.7. The number of ketones is 1. The Morgan fingerprint density at radius 1 is 1.21 bits per heavy atom. The summed E-state index contributed by atoms with van der Waals surface area (Å²) in [5.41, 5.74) is 6.77. The quantitative estimate of drug-likeness (QED) is 0.547. The summed E-state index contributed by atoms with van der Waals surface area (Å²) in [4.78, 5) is 42.4. The summed E-state index contributed by atoms with van der Waals surface area (Å²) in [6.45, 7) is 0.237. The lowest BCUT2D eigenvalue weighted by Crippen LogP contribution is -2.55. The van der Waals surface area contributed by atoms with Gasteiger partial charge in [0.15, 0.2) is 5.78 Å². The number of ether oxygens (including phenoxy) is 1. The van der Waals surface area contributed by atoms with Crippen molar-refractivity contribution in [3.05, 3.63) is 40.4 Å². The van der Waals surface area contributed by atoms with E-state index in [0.717, 1.165) is 42.6 Å². The number of alkyl halides is 1. The van der Waals surface area contributed by atoms with E-state index in [2.05, 4.69) is 16.2 Å². The van der Waals surface area contributed by atoms with Gasteiger partial charge in [-0.2, -0.15) is 0 Å². The number of carbonyl (C=O) groups is 3. The third-order valence-corrected chi connectivity index (χ3v) is 8.37. The molecule has 3 N–H and O–H groups in total. The molecule has 2 saturated heterocycles. The second-order valence-electron chi connectivity index (χ2n) is 8.93. The topological polar surface area (TPSA) is 99.8 Å². The van der Waals surface area contributed by atoms with Gasteiger partial charge in [-0.15, -0.1) is 22.9 Å². The first-order chi connectivity index (χ1) is 16.0. The van der Waals surface area contributed by atoms with Crippen molar-refractivity contribution in [2.45, 2.75) is 55.7 Å². The number of likely N-dealkylation sites (tertiary alicyclic amines) is 1. The molecule has 10 heteroatoms. The molecule has 0 bridgehead atoms. The molecule has 4 atom stereocenters. The smallest absolute Gasteiger partial charge is 0.262 e. The van der Waals surface area contributed by atoms with Gasteiger partial charge in [0.05, 0.1) is 10.3 Å². The maximum absolute atomic E-state index is 13.7. The van der Waals surface area contributed by atoms with Crippen LogP contribution in [0.25, 0.3) is 5.57 Å². The van der Waals surface area contributed by atoms with E-state index in [1.54, 1.807) is 17.2 Å². The van der Waals surface area contributed by atoms with Gasteiger partial charge in [-0.3, -0.25) is 14.4 Å². The minimum Gasteiger partial charge on any atom is -0.366 e. The lowest BCUT2D eigenvalue weighted by atomic mass is 9.83. The van der Waals surface area contributed by atoms with Crippen LogP contribution in [-0.2, 0) is 14.3 Å². The van der Waals surface area contributed by atoms with Gasteiger partial charge in [0, 0.05) is 29.4 Å². The molecule has 1 saturated carbocycles. The highest BCUT2D eigenvalue weighted by atomic mass is 35.5. The number of Topliss-reactive ketones (excluding diaryl/α,β-unsaturated/α-hetero) is 1. The van der Waals surface area contributed by atoms with Crippen LogP contribution in [0.2, 0.25) is 0 Å². The summed E-state index contributed by atoms with van der Waals surface area (Å²) in [6, 6.07) is 2.35. The van der Waals surface area contributed by atoms with Gasteiger partial charge in [-0.25, -0.2) is 0 Å². The van der Waals surface area contributed by atoms with Crippen molar-refractivity contribution in [3.63, 3.8) is 0 Å². The Labute approximate surface area is 201 Å². The molecule has 4 aliphatic rings. The van der Waals surface area contributed by atoms with Crippen LogP contribution in [0, 0.1) is 5.92 Å². The van der Waals surface area contributed by atoms with Crippen LogP contribution in [0.15, 0.2) is 30.6 Å². The Balaban J connectivity index is 1.36. The molecule has 1 aromatic heterocycles. The van der Waals surface area contributed by atoms with Crippen LogP contribution in [0.1, 0.15) is 46.7 Å². The highest BCUT2D eigenvalue weighted by molar-refractivity contribution is 7.15. The highest BCUT2D eigenvalue weighted by Crippen LogP contribution is 2.34. The number of rotatable bonds is 5. The molecule has 0 spiro atoms. The molecule has 8 nitrogen and oxygen atoms in total. The van der Waals surface area contributed by atoms with Gasteiger partial charge in [-0.1, -0.05) is 19.3 Å².